The zero-order valence-corrected chi connectivity index (χ0v) is 24.8. The lowest BCUT2D eigenvalue weighted by Gasteiger charge is -2.20. The van der Waals surface area contributed by atoms with Gasteiger partial charge in [0.25, 0.3) is 5.52 Å². The van der Waals surface area contributed by atoms with E-state index in [-0.39, 0.29) is 0 Å². The minimum Gasteiger partial charge on any atom is -0.494 e. The number of unbranched alkanes of at least 4 members (excludes halogenated alkanes) is 7. The predicted molar refractivity (Wildman–Crippen MR) is 159 cm³/mol. The van der Waals surface area contributed by atoms with Crippen LogP contribution < -0.4 is 9.25 Å². The largest absolute Gasteiger partial charge is 0.494 e. The summed E-state index contributed by atoms with van der Waals surface area (Å²) in [7, 11) is 0. The van der Waals surface area contributed by atoms with E-state index in [2.05, 4.69) is 32.9 Å². The highest BCUT2D eigenvalue weighted by Gasteiger charge is 2.27. The number of rotatable bonds is 12. The van der Waals surface area contributed by atoms with E-state index in [1.165, 1.54) is 50.5 Å². The van der Waals surface area contributed by atoms with Gasteiger partial charge >= 0.3 is 6.09 Å². The third-order valence-corrected chi connectivity index (χ3v) is 7.32. The first-order chi connectivity index (χ1) is 18.8. The molecule has 0 N–H and O–H groups in total. The van der Waals surface area contributed by atoms with Gasteiger partial charge in [-0.3, -0.25) is 0 Å². The molecule has 0 unspecified atom stereocenters. The van der Waals surface area contributed by atoms with Crippen molar-refractivity contribution >= 4 is 33.4 Å². The molecular weight excluding hydrogens is 486 g/mol. The number of aryl methyl sites for hydroxylation is 2. The van der Waals surface area contributed by atoms with E-state index in [1.807, 2.05) is 49.7 Å². The number of aromatic nitrogens is 3. The van der Waals surface area contributed by atoms with Crippen molar-refractivity contribution in [3.05, 3.63) is 47.8 Å². The normalized spacial score (nSPS) is 12.1. The van der Waals surface area contributed by atoms with Crippen molar-refractivity contribution in [3.63, 3.8) is 0 Å². The first kappa shape index (κ1) is 28.8. The summed E-state index contributed by atoms with van der Waals surface area (Å²) in [5.74, 6) is 0.774. The third-order valence-electron chi connectivity index (χ3n) is 7.32. The fraction of sp³-hybridized carbons (Fsp3) is 0.545. The van der Waals surface area contributed by atoms with Crippen LogP contribution in [0.1, 0.15) is 104 Å². The molecule has 4 rings (SSSR count). The van der Waals surface area contributed by atoms with Crippen LogP contribution in [0.5, 0.6) is 5.75 Å². The number of hydrogen-bond acceptors (Lipinski definition) is 4. The molecule has 3 heterocycles. The Balaban J connectivity index is 1.69. The maximum atomic E-state index is 13.7. The van der Waals surface area contributed by atoms with Gasteiger partial charge in [0, 0.05) is 34.1 Å². The summed E-state index contributed by atoms with van der Waals surface area (Å²) in [5, 5.41) is 6.88. The summed E-state index contributed by atoms with van der Waals surface area (Å²) in [6, 6.07) is 10.3. The molecule has 1 aromatic carbocycles. The number of benzene rings is 1. The molecular formula is C33H46N3O3+. The van der Waals surface area contributed by atoms with Gasteiger partial charge in [0.2, 0.25) is 6.20 Å². The topological polar surface area (TPSA) is 57.5 Å². The molecule has 3 aromatic heterocycles. The van der Waals surface area contributed by atoms with Crippen molar-refractivity contribution in [2.45, 2.75) is 111 Å². The Kier molecular flexibility index (Phi) is 9.47. The van der Waals surface area contributed by atoms with E-state index in [4.69, 9.17) is 14.6 Å². The lowest BCUT2D eigenvalue weighted by molar-refractivity contribution is -0.580. The van der Waals surface area contributed by atoms with E-state index in [9.17, 15) is 4.79 Å². The number of nitrogens with zero attached hydrogens (tertiary/aromatic N) is 3. The summed E-state index contributed by atoms with van der Waals surface area (Å²) in [4.78, 5) is 13.7. The number of hydrogen-bond donors (Lipinski definition) is 0. The maximum Gasteiger partial charge on any atom is 0.419 e. The van der Waals surface area contributed by atoms with Crippen molar-refractivity contribution < 1.29 is 18.8 Å². The van der Waals surface area contributed by atoms with Gasteiger partial charge in [0.05, 0.1) is 12.1 Å². The van der Waals surface area contributed by atoms with Crippen molar-refractivity contribution in [2.24, 2.45) is 0 Å². The monoisotopic (exact) mass is 532 g/mol. The Morgan fingerprint density at radius 3 is 2.28 bits per heavy atom. The average molecular weight is 533 g/mol. The molecule has 0 bridgehead atoms. The maximum absolute atomic E-state index is 13.7. The highest BCUT2D eigenvalue weighted by Crippen LogP contribution is 2.34. The van der Waals surface area contributed by atoms with Crippen LogP contribution in [0.2, 0.25) is 0 Å². The van der Waals surface area contributed by atoms with Gasteiger partial charge in [-0.2, -0.15) is 0 Å². The Labute approximate surface area is 233 Å². The van der Waals surface area contributed by atoms with Gasteiger partial charge in [-0.15, -0.1) is 0 Å². The average Bonchev–Trinajstić information content (AvgIpc) is 3.24. The summed E-state index contributed by atoms with van der Waals surface area (Å²) in [6.07, 6.45) is 13.4. The SMILES string of the molecule is CCCCCCCCCCOc1ccc2c3cc[n+]4nc(CC)c(CC)cc4c3n(C(=O)OC(C)(C)C)c2c1. The van der Waals surface area contributed by atoms with Crippen molar-refractivity contribution in [1.82, 2.24) is 9.67 Å². The predicted octanol–water partition coefficient (Wildman–Crippen LogP) is 8.36. The zero-order valence-electron chi connectivity index (χ0n) is 24.8. The second-order valence-electron chi connectivity index (χ2n) is 11.5. The van der Waals surface area contributed by atoms with E-state index >= 15 is 0 Å². The molecule has 0 aliphatic heterocycles. The number of pyridine rings is 1. The number of fused-ring (bicyclic) bond motifs is 5. The van der Waals surface area contributed by atoms with Crippen LogP contribution in [-0.2, 0) is 17.6 Å². The van der Waals surface area contributed by atoms with Gasteiger partial charge in [-0.05, 0) is 57.7 Å². The van der Waals surface area contributed by atoms with Crippen LogP contribution in [0.25, 0.3) is 27.3 Å². The molecule has 0 amide bonds. The van der Waals surface area contributed by atoms with Crippen LogP contribution in [0.4, 0.5) is 4.79 Å². The molecule has 4 aromatic rings. The molecule has 210 valence electrons. The molecule has 0 atom stereocenters. The lowest BCUT2D eigenvalue weighted by atomic mass is 10.1. The summed E-state index contributed by atoms with van der Waals surface area (Å²) >= 11 is 0. The van der Waals surface area contributed by atoms with Gasteiger partial charge in [0.1, 0.15) is 22.6 Å². The highest BCUT2D eigenvalue weighted by molar-refractivity contribution is 6.16. The van der Waals surface area contributed by atoms with E-state index in [0.29, 0.717) is 6.61 Å². The molecule has 0 aliphatic rings. The fourth-order valence-corrected chi connectivity index (χ4v) is 5.33. The molecule has 6 nitrogen and oxygen atoms in total. The van der Waals surface area contributed by atoms with Crippen LogP contribution >= 0.6 is 0 Å². The van der Waals surface area contributed by atoms with Crippen LogP contribution in [0, 0.1) is 0 Å². The molecule has 0 radical (unpaired) electrons. The van der Waals surface area contributed by atoms with Gasteiger partial charge < -0.3 is 9.47 Å². The van der Waals surface area contributed by atoms with Crippen molar-refractivity contribution in [3.8, 4) is 5.75 Å². The minimum atomic E-state index is -0.620. The molecule has 0 spiro atoms. The standard InChI is InChI=1S/C33H46N3O3/c1-7-10-11-12-13-14-15-16-21-38-25-17-18-26-27-19-20-35-30(22-24(8-2)28(9-3)34-35)31(27)36(29(26)23-25)32(37)39-33(4,5)6/h17-20,22-23H,7-16,21H2,1-6H3/q+1. The number of ether oxygens (including phenoxy) is 2. The van der Waals surface area contributed by atoms with Crippen molar-refractivity contribution in [1.29, 1.82) is 0 Å². The van der Waals surface area contributed by atoms with E-state index in [1.54, 1.807) is 4.57 Å². The van der Waals surface area contributed by atoms with Gasteiger partial charge in [0.15, 0.2) is 0 Å². The Morgan fingerprint density at radius 2 is 1.62 bits per heavy atom. The number of carbonyl (C=O) groups excluding carboxylic acids is 1. The summed E-state index contributed by atoms with van der Waals surface area (Å²) < 4.78 is 15.7. The molecule has 6 heteroatoms. The quantitative estimate of drug-likeness (QED) is 0.136. The molecule has 0 fully saturated rings. The summed E-state index contributed by atoms with van der Waals surface area (Å²) in [6.45, 7) is 12.9. The second kappa shape index (κ2) is 12.8. The van der Waals surface area contributed by atoms with E-state index < -0.39 is 11.7 Å². The zero-order chi connectivity index (χ0) is 28.0. The van der Waals surface area contributed by atoms with Crippen molar-refractivity contribution in [2.75, 3.05) is 6.61 Å². The third kappa shape index (κ3) is 6.71. The smallest absolute Gasteiger partial charge is 0.419 e. The second-order valence-corrected chi connectivity index (χ2v) is 11.5. The highest BCUT2D eigenvalue weighted by atomic mass is 16.6. The fourth-order valence-electron chi connectivity index (χ4n) is 5.33. The molecule has 0 saturated heterocycles. The Hall–Kier alpha value is -3.15. The van der Waals surface area contributed by atoms with E-state index in [0.717, 1.165) is 58.0 Å². The first-order valence-electron chi connectivity index (χ1n) is 14.9. The number of carbonyl (C=O) groups is 1. The lowest BCUT2D eigenvalue weighted by Crippen LogP contribution is -2.31. The molecule has 0 aliphatic carbocycles. The molecule has 39 heavy (non-hydrogen) atoms. The Morgan fingerprint density at radius 1 is 0.897 bits per heavy atom. The molecule has 0 saturated carbocycles. The van der Waals surface area contributed by atoms with Crippen LogP contribution in [0.15, 0.2) is 36.5 Å². The van der Waals surface area contributed by atoms with Gasteiger partial charge in [-0.25, -0.2) is 9.36 Å². The van der Waals surface area contributed by atoms with Crippen LogP contribution in [0.3, 0.4) is 0 Å². The summed E-state index contributed by atoms with van der Waals surface area (Å²) in [5.41, 5.74) is 4.14. The first-order valence-corrected chi connectivity index (χ1v) is 14.9. The van der Waals surface area contributed by atoms with Gasteiger partial charge in [-0.1, -0.05) is 70.2 Å². The minimum absolute atomic E-state index is 0.395. The Bertz CT molecular complexity index is 1430. The van der Waals surface area contributed by atoms with Crippen LogP contribution in [-0.4, -0.2) is 28.0 Å².